The molecule has 0 spiro atoms. The lowest BCUT2D eigenvalue weighted by Crippen LogP contribution is -2.52. The summed E-state index contributed by atoms with van der Waals surface area (Å²) in [6.07, 6.45) is 1.77. The molecule has 1 aromatic carbocycles. The van der Waals surface area contributed by atoms with E-state index in [9.17, 15) is 9.59 Å². The van der Waals surface area contributed by atoms with Crippen molar-refractivity contribution >= 4 is 22.7 Å². The quantitative estimate of drug-likeness (QED) is 0.843. The van der Waals surface area contributed by atoms with Crippen molar-refractivity contribution in [3.8, 4) is 0 Å². The zero-order chi connectivity index (χ0) is 16.3. The molecule has 3 N–H and O–H groups in total. The summed E-state index contributed by atoms with van der Waals surface area (Å²) in [5, 5.41) is 3.51. The fraction of sp³-hybridized carbons (Fsp3) is 0.375. The Balaban J connectivity index is 2.38. The molecule has 2 amide bonds. The highest BCUT2D eigenvalue weighted by Gasteiger charge is 2.28. The number of aromatic nitrogens is 1. The van der Waals surface area contributed by atoms with Crippen LogP contribution in [0, 0.1) is 0 Å². The fourth-order valence-corrected chi connectivity index (χ4v) is 2.22. The minimum absolute atomic E-state index is 0.323. The van der Waals surface area contributed by atoms with E-state index in [2.05, 4.69) is 5.32 Å². The van der Waals surface area contributed by atoms with Gasteiger partial charge in [0.2, 0.25) is 5.91 Å². The SMILES string of the molecule is COCCn1cc(C(=O)NC(C)(C)C(N)=O)c2ccccc21. The van der Waals surface area contributed by atoms with E-state index in [0.29, 0.717) is 18.7 Å². The van der Waals surface area contributed by atoms with Crippen LogP contribution in [0.15, 0.2) is 30.5 Å². The standard InChI is InChI=1S/C16H21N3O3/c1-16(2,15(17)21)18-14(20)12-10-19(8-9-22-3)13-7-5-4-6-11(12)13/h4-7,10H,8-9H2,1-3H3,(H2,17,21)(H,18,20). The molecule has 1 heterocycles. The Morgan fingerprint density at radius 1 is 1.32 bits per heavy atom. The van der Waals surface area contributed by atoms with Gasteiger partial charge < -0.3 is 20.4 Å². The minimum atomic E-state index is -1.10. The third-order valence-electron chi connectivity index (χ3n) is 3.61. The van der Waals surface area contributed by atoms with Crippen molar-refractivity contribution in [1.29, 1.82) is 0 Å². The van der Waals surface area contributed by atoms with Gasteiger partial charge in [-0.3, -0.25) is 9.59 Å². The summed E-state index contributed by atoms with van der Waals surface area (Å²) in [4.78, 5) is 23.9. The van der Waals surface area contributed by atoms with Gasteiger partial charge >= 0.3 is 0 Å². The number of rotatable bonds is 6. The molecule has 118 valence electrons. The molecule has 6 nitrogen and oxygen atoms in total. The Kier molecular flexibility index (Phi) is 4.51. The lowest BCUT2D eigenvalue weighted by Gasteiger charge is -2.21. The fourth-order valence-electron chi connectivity index (χ4n) is 2.22. The maximum atomic E-state index is 12.5. The van der Waals surface area contributed by atoms with Crippen molar-refractivity contribution in [3.05, 3.63) is 36.0 Å². The maximum Gasteiger partial charge on any atom is 0.254 e. The number of hydrogen-bond donors (Lipinski definition) is 2. The van der Waals surface area contributed by atoms with Gasteiger partial charge in [0.05, 0.1) is 12.2 Å². The smallest absolute Gasteiger partial charge is 0.254 e. The van der Waals surface area contributed by atoms with E-state index in [1.54, 1.807) is 27.2 Å². The topological polar surface area (TPSA) is 86.3 Å². The monoisotopic (exact) mass is 303 g/mol. The number of nitrogens with one attached hydrogen (secondary N) is 1. The zero-order valence-corrected chi connectivity index (χ0v) is 13.1. The Labute approximate surface area is 129 Å². The number of carbonyl (C=O) groups is 2. The van der Waals surface area contributed by atoms with Gasteiger partial charge in [-0.15, -0.1) is 0 Å². The number of nitrogens with zero attached hydrogens (tertiary/aromatic N) is 1. The van der Waals surface area contributed by atoms with Crippen molar-refractivity contribution in [1.82, 2.24) is 9.88 Å². The lowest BCUT2D eigenvalue weighted by atomic mass is 10.0. The lowest BCUT2D eigenvalue weighted by molar-refractivity contribution is -0.122. The van der Waals surface area contributed by atoms with E-state index in [0.717, 1.165) is 10.9 Å². The molecule has 0 aliphatic heterocycles. The molecule has 0 saturated heterocycles. The van der Waals surface area contributed by atoms with Crippen molar-refractivity contribution < 1.29 is 14.3 Å². The van der Waals surface area contributed by atoms with Crippen LogP contribution in [-0.4, -0.2) is 35.6 Å². The molecule has 0 radical (unpaired) electrons. The molecular formula is C16H21N3O3. The van der Waals surface area contributed by atoms with Crippen molar-refractivity contribution in [3.63, 3.8) is 0 Å². The molecule has 0 aliphatic carbocycles. The van der Waals surface area contributed by atoms with Gasteiger partial charge in [0.1, 0.15) is 5.54 Å². The predicted octanol–water partition coefficient (Wildman–Crippen LogP) is 1.28. The van der Waals surface area contributed by atoms with E-state index in [1.807, 2.05) is 28.8 Å². The molecule has 0 saturated carbocycles. The van der Waals surface area contributed by atoms with Crippen molar-refractivity contribution in [2.45, 2.75) is 25.9 Å². The van der Waals surface area contributed by atoms with Crippen LogP contribution in [0.2, 0.25) is 0 Å². The summed E-state index contributed by atoms with van der Waals surface area (Å²) in [5.74, 6) is -0.903. The van der Waals surface area contributed by atoms with Crippen LogP contribution in [0.25, 0.3) is 10.9 Å². The number of ether oxygens (including phenoxy) is 1. The summed E-state index contributed by atoms with van der Waals surface area (Å²) < 4.78 is 7.06. The molecule has 0 unspecified atom stereocenters. The van der Waals surface area contributed by atoms with Gasteiger partial charge in [-0.25, -0.2) is 0 Å². The van der Waals surface area contributed by atoms with Gasteiger partial charge in [0.25, 0.3) is 5.91 Å². The van der Waals surface area contributed by atoms with Crippen molar-refractivity contribution in [2.75, 3.05) is 13.7 Å². The van der Waals surface area contributed by atoms with Crippen LogP contribution in [0.5, 0.6) is 0 Å². The molecule has 6 heteroatoms. The van der Waals surface area contributed by atoms with E-state index in [-0.39, 0.29) is 5.91 Å². The van der Waals surface area contributed by atoms with Gasteiger partial charge in [0.15, 0.2) is 0 Å². The van der Waals surface area contributed by atoms with E-state index >= 15 is 0 Å². The number of primary amides is 1. The first-order valence-corrected chi connectivity index (χ1v) is 7.06. The third-order valence-corrected chi connectivity index (χ3v) is 3.61. The first-order chi connectivity index (χ1) is 10.4. The number of nitrogens with two attached hydrogens (primary N) is 1. The second-order valence-corrected chi connectivity index (χ2v) is 5.69. The van der Waals surface area contributed by atoms with E-state index in [4.69, 9.17) is 10.5 Å². The summed E-state index contributed by atoms with van der Waals surface area (Å²) in [6.45, 7) is 4.35. The average Bonchev–Trinajstić information content (AvgIpc) is 2.83. The first kappa shape index (κ1) is 16.0. The maximum absolute atomic E-state index is 12.5. The molecule has 0 fully saturated rings. The van der Waals surface area contributed by atoms with Crippen LogP contribution in [0.1, 0.15) is 24.2 Å². The van der Waals surface area contributed by atoms with Crippen LogP contribution >= 0.6 is 0 Å². The van der Waals surface area contributed by atoms with Crippen LogP contribution in [-0.2, 0) is 16.1 Å². The number of fused-ring (bicyclic) bond motifs is 1. The Morgan fingerprint density at radius 3 is 2.64 bits per heavy atom. The van der Waals surface area contributed by atoms with Crippen LogP contribution in [0.4, 0.5) is 0 Å². The normalized spacial score (nSPS) is 11.6. The van der Waals surface area contributed by atoms with Crippen molar-refractivity contribution in [2.24, 2.45) is 5.73 Å². The number of para-hydroxylation sites is 1. The molecular weight excluding hydrogens is 282 g/mol. The molecule has 2 aromatic rings. The number of benzene rings is 1. The Morgan fingerprint density at radius 2 is 2.00 bits per heavy atom. The zero-order valence-electron chi connectivity index (χ0n) is 13.1. The molecule has 0 bridgehead atoms. The summed E-state index contributed by atoms with van der Waals surface area (Å²) in [5.41, 5.74) is 5.66. The average molecular weight is 303 g/mol. The van der Waals surface area contributed by atoms with Crippen LogP contribution < -0.4 is 11.1 Å². The second kappa shape index (κ2) is 6.19. The summed E-state index contributed by atoms with van der Waals surface area (Å²) in [6, 6.07) is 7.62. The minimum Gasteiger partial charge on any atom is -0.383 e. The highest BCUT2D eigenvalue weighted by atomic mass is 16.5. The number of amides is 2. The van der Waals surface area contributed by atoms with Gasteiger partial charge in [0, 0.05) is 30.8 Å². The molecule has 1 aromatic heterocycles. The number of carbonyl (C=O) groups excluding carboxylic acids is 2. The highest BCUT2D eigenvalue weighted by molar-refractivity contribution is 6.08. The Bertz CT molecular complexity index is 704. The molecule has 0 atom stereocenters. The summed E-state index contributed by atoms with van der Waals surface area (Å²) in [7, 11) is 1.63. The third kappa shape index (κ3) is 3.12. The molecule has 0 aliphatic rings. The Hall–Kier alpha value is -2.34. The first-order valence-electron chi connectivity index (χ1n) is 7.06. The predicted molar refractivity (Wildman–Crippen MR) is 84.6 cm³/mol. The molecule has 22 heavy (non-hydrogen) atoms. The second-order valence-electron chi connectivity index (χ2n) is 5.69. The van der Waals surface area contributed by atoms with E-state index in [1.165, 1.54) is 0 Å². The largest absolute Gasteiger partial charge is 0.383 e. The summed E-state index contributed by atoms with van der Waals surface area (Å²) >= 11 is 0. The van der Waals surface area contributed by atoms with Gasteiger partial charge in [-0.1, -0.05) is 18.2 Å². The van der Waals surface area contributed by atoms with Crippen LogP contribution in [0.3, 0.4) is 0 Å². The van der Waals surface area contributed by atoms with Gasteiger partial charge in [-0.05, 0) is 19.9 Å². The number of methoxy groups -OCH3 is 1. The molecule has 2 rings (SSSR count). The van der Waals surface area contributed by atoms with E-state index < -0.39 is 11.4 Å². The van der Waals surface area contributed by atoms with Gasteiger partial charge in [-0.2, -0.15) is 0 Å². The number of hydrogen-bond acceptors (Lipinski definition) is 3. The highest BCUT2D eigenvalue weighted by Crippen LogP contribution is 2.22.